The molecule has 3 aromatic rings. The number of fused-ring (bicyclic) bond motifs is 2. The molecule has 162 valence electrons. The highest BCUT2D eigenvalue weighted by atomic mass is 19.4. The second kappa shape index (κ2) is 7.86. The highest BCUT2D eigenvalue weighted by Gasteiger charge is 2.39. The van der Waals surface area contributed by atoms with Gasteiger partial charge in [0.25, 0.3) is 0 Å². The predicted molar refractivity (Wildman–Crippen MR) is 101 cm³/mol. The monoisotopic (exact) mass is 436 g/mol. The van der Waals surface area contributed by atoms with Crippen LogP contribution in [0.2, 0.25) is 0 Å². The predicted octanol–water partition coefficient (Wildman–Crippen LogP) is 3.80. The molecule has 2 heterocycles. The van der Waals surface area contributed by atoms with Crippen LogP contribution in [0.5, 0.6) is 17.2 Å². The molecule has 7 nitrogen and oxygen atoms in total. The Hall–Kier alpha value is -3.69. The number of esters is 1. The van der Waals surface area contributed by atoms with Crippen LogP contribution in [0, 0.1) is 0 Å². The zero-order chi connectivity index (χ0) is 22.2. The van der Waals surface area contributed by atoms with Gasteiger partial charge in [0.15, 0.2) is 18.1 Å². The lowest BCUT2D eigenvalue weighted by molar-refractivity contribution is -0.152. The lowest BCUT2D eigenvalue weighted by Crippen LogP contribution is -2.17. The molecule has 0 atom stereocenters. The van der Waals surface area contributed by atoms with Crippen LogP contribution in [0.15, 0.2) is 45.6 Å². The quantitative estimate of drug-likeness (QED) is 0.575. The Morgan fingerprint density at radius 1 is 1.06 bits per heavy atom. The molecular formula is C21H15F3O7. The van der Waals surface area contributed by atoms with Crippen LogP contribution >= 0.6 is 0 Å². The molecule has 0 aliphatic carbocycles. The number of methoxy groups -OCH3 is 1. The number of carbonyl (C=O) groups is 1. The summed E-state index contributed by atoms with van der Waals surface area (Å²) in [6.07, 6.45) is -4.95. The van der Waals surface area contributed by atoms with E-state index >= 15 is 0 Å². The van der Waals surface area contributed by atoms with Gasteiger partial charge in [0.05, 0.1) is 18.1 Å². The van der Waals surface area contributed by atoms with E-state index in [9.17, 15) is 22.8 Å². The first-order chi connectivity index (χ1) is 14.8. The van der Waals surface area contributed by atoms with Crippen molar-refractivity contribution in [3.05, 3.63) is 52.4 Å². The molecule has 0 saturated heterocycles. The van der Waals surface area contributed by atoms with Crippen molar-refractivity contribution >= 4 is 16.9 Å². The zero-order valence-corrected chi connectivity index (χ0v) is 16.1. The summed E-state index contributed by atoms with van der Waals surface area (Å²) >= 11 is 0. The summed E-state index contributed by atoms with van der Waals surface area (Å²) in [7, 11) is 1.17. The fourth-order valence-corrected chi connectivity index (χ4v) is 3.13. The highest BCUT2D eigenvalue weighted by Crippen LogP contribution is 2.40. The van der Waals surface area contributed by atoms with Gasteiger partial charge in [-0.15, -0.1) is 0 Å². The molecule has 0 saturated carbocycles. The lowest BCUT2D eigenvalue weighted by atomic mass is 10.0. The van der Waals surface area contributed by atoms with E-state index in [2.05, 4.69) is 4.74 Å². The smallest absolute Gasteiger partial charge is 0.450 e. The average molecular weight is 436 g/mol. The first-order valence-electron chi connectivity index (χ1n) is 9.05. The van der Waals surface area contributed by atoms with Crippen molar-refractivity contribution in [3.8, 4) is 28.4 Å². The fourth-order valence-electron chi connectivity index (χ4n) is 3.13. The number of benzene rings is 2. The summed E-state index contributed by atoms with van der Waals surface area (Å²) in [5.74, 6) is -1.47. The SMILES string of the molecule is COC(=O)COc1ccc2c(=O)c(-c3ccc4c(c3)OCCO4)c(C(F)(F)F)oc2c1. The maximum atomic E-state index is 13.8. The first-order valence-corrected chi connectivity index (χ1v) is 9.05. The molecule has 0 spiro atoms. The number of rotatable bonds is 4. The third-order valence-corrected chi connectivity index (χ3v) is 4.54. The number of halogens is 3. The van der Waals surface area contributed by atoms with E-state index in [0.717, 1.165) is 6.07 Å². The van der Waals surface area contributed by atoms with Crippen molar-refractivity contribution in [2.45, 2.75) is 6.18 Å². The molecular weight excluding hydrogens is 421 g/mol. The minimum Gasteiger partial charge on any atom is -0.486 e. The molecule has 2 aromatic carbocycles. The molecule has 0 radical (unpaired) electrons. The van der Waals surface area contributed by atoms with Crippen molar-refractivity contribution in [1.29, 1.82) is 0 Å². The van der Waals surface area contributed by atoms with Gasteiger partial charge in [-0.1, -0.05) is 6.07 Å². The third kappa shape index (κ3) is 4.00. The standard InChI is InChI=1S/C21H15F3O7/c1-27-17(25)10-30-12-3-4-13-15(9-12)31-20(21(22,23)24)18(19(13)26)11-2-5-14-16(8-11)29-7-6-28-14/h2-5,8-9H,6-7,10H2,1H3. The Kier molecular flexibility index (Phi) is 5.22. The van der Waals surface area contributed by atoms with Crippen LogP contribution in [0.1, 0.15) is 5.76 Å². The molecule has 0 N–H and O–H groups in total. The van der Waals surface area contributed by atoms with Gasteiger partial charge in [0.1, 0.15) is 24.5 Å². The topological polar surface area (TPSA) is 84.2 Å². The van der Waals surface area contributed by atoms with Crippen molar-refractivity contribution in [2.75, 3.05) is 26.9 Å². The molecule has 1 aromatic heterocycles. The number of hydrogen-bond donors (Lipinski definition) is 0. The second-order valence-electron chi connectivity index (χ2n) is 6.51. The van der Waals surface area contributed by atoms with Crippen LogP contribution in [0.3, 0.4) is 0 Å². The Balaban J connectivity index is 1.86. The normalized spacial score (nSPS) is 13.2. The van der Waals surface area contributed by atoms with Crippen molar-refractivity contribution in [2.24, 2.45) is 0 Å². The second-order valence-corrected chi connectivity index (χ2v) is 6.51. The van der Waals surface area contributed by atoms with Gasteiger partial charge in [-0.25, -0.2) is 4.79 Å². The molecule has 0 unspecified atom stereocenters. The Labute approximate surface area is 172 Å². The van der Waals surface area contributed by atoms with E-state index in [1.807, 2.05) is 0 Å². The molecule has 4 rings (SSSR count). The summed E-state index contributed by atoms with van der Waals surface area (Å²) in [6, 6.07) is 7.84. The Morgan fingerprint density at radius 2 is 1.81 bits per heavy atom. The molecule has 31 heavy (non-hydrogen) atoms. The molecule has 0 bridgehead atoms. The van der Waals surface area contributed by atoms with Crippen molar-refractivity contribution in [1.82, 2.24) is 0 Å². The van der Waals surface area contributed by atoms with Crippen LogP contribution in [-0.4, -0.2) is 32.9 Å². The highest BCUT2D eigenvalue weighted by molar-refractivity contribution is 5.84. The Bertz CT molecular complexity index is 1210. The summed E-state index contributed by atoms with van der Waals surface area (Å²) in [5.41, 5.74) is -1.86. The van der Waals surface area contributed by atoms with Gasteiger partial charge in [-0.3, -0.25) is 4.79 Å². The lowest BCUT2D eigenvalue weighted by Gasteiger charge is -2.19. The summed E-state index contributed by atoms with van der Waals surface area (Å²) in [6.45, 7) is 0.107. The fraction of sp³-hybridized carbons (Fsp3) is 0.238. The van der Waals surface area contributed by atoms with Gasteiger partial charge in [-0.05, 0) is 29.8 Å². The molecule has 0 fully saturated rings. The number of ether oxygens (including phenoxy) is 4. The van der Waals surface area contributed by atoms with Gasteiger partial charge < -0.3 is 23.4 Å². The van der Waals surface area contributed by atoms with E-state index < -0.39 is 35.5 Å². The Morgan fingerprint density at radius 3 is 2.52 bits per heavy atom. The summed E-state index contributed by atoms with van der Waals surface area (Å²) in [4.78, 5) is 24.2. The van der Waals surface area contributed by atoms with E-state index in [4.69, 9.17) is 18.6 Å². The van der Waals surface area contributed by atoms with E-state index in [1.54, 1.807) is 0 Å². The zero-order valence-electron chi connectivity index (χ0n) is 16.1. The third-order valence-electron chi connectivity index (χ3n) is 4.54. The largest absolute Gasteiger partial charge is 0.486 e. The molecule has 1 aliphatic rings. The average Bonchev–Trinajstić information content (AvgIpc) is 2.76. The van der Waals surface area contributed by atoms with E-state index in [1.165, 1.54) is 37.4 Å². The van der Waals surface area contributed by atoms with Crippen LogP contribution < -0.4 is 19.6 Å². The minimum absolute atomic E-state index is 0.0155. The first kappa shape index (κ1) is 20.6. The minimum atomic E-state index is -4.95. The van der Waals surface area contributed by atoms with Gasteiger partial charge >= 0.3 is 12.1 Å². The van der Waals surface area contributed by atoms with Crippen molar-refractivity contribution in [3.63, 3.8) is 0 Å². The van der Waals surface area contributed by atoms with Crippen molar-refractivity contribution < 1.29 is 41.3 Å². The molecule has 1 aliphatic heterocycles. The molecule has 10 heteroatoms. The number of carbonyl (C=O) groups excluding carboxylic acids is 1. The van der Waals surface area contributed by atoms with Gasteiger partial charge in [-0.2, -0.15) is 13.2 Å². The molecule has 0 amide bonds. The number of hydrogen-bond acceptors (Lipinski definition) is 7. The summed E-state index contributed by atoms with van der Waals surface area (Å²) in [5, 5.41) is -0.0803. The maximum absolute atomic E-state index is 13.8. The van der Waals surface area contributed by atoms with Crippen LogP contribution in [0.25, 0.3) is 22.1 Å². The van der Waals surface area contributed by atoms with E-state index in [0.29, 0.717) is 12.4 Å². The maximum Gasteiger partial charge on any atom is 0.450 e. The van der Waals surface area contributed by atoms with Gasteiger partial charge in [0.2, 0.25) is 11.2 Å². The summed E-state index contributed by atoms with van der Waals surface area (Å²) < 4.78 is 66.9. The van der Waals surface area contributed by atoms with Crippen LogP contribution in [0.4, 0.5) is 13.2 Å². The number of alkyl halides is 3. The van der Waals surface area contributed by atoms with Gasteiger partial charge in [0, 0.05) is 6.07 Å². The van der Waals surface area contributed by atoms with E-state index in [-0.39, 0.29) is 34.6 Å². The van der Waals surface area contributed by atoms with Crippen LogP contribution in [-0.2, 0) is 15.7 Å².